The molecule has 1 amide bonds. The number of ether oxygens (including phenoxy) is 1. The lowest BCUT2D eigenvalue weighted by atomic mass is 10.2. The van der Waals surface area contributed by atoms with Crippen LogP contribution < -0.4 is 10.6 Å². The normalized spacial score (nSPS) is 20.2. The van der Waals surface area contributed by atoms with Gasteiger partial charge in [0.1, 0.15) is 0 Å². The van der Waals surface area contributed by atoms with Gasteiger partial charge in [0.25, 0.3) is 0 Å². The maximum atomic E-state index is 11.5. The Morgan fingerprint density at radius 3 is 3.07 bits per heavy atom. The highest BCUT2D eigenvalue weighted by Crippen LogP contribution is 2.03. The minimum Gasteiger partial charge on any atom is -0.375 e. The minimum atomic E-state index is 0.00569. The highest BCUT2D eigenvalue weighted by atomic mass is 16.5. The molecular formula is C11H20N2O2. The van der Waals surface area contributed by atoms with E-state index in [1.807, 2.05) is 6.92 Å². The van der Waals surface area contributed by atoms with Crippen molar-refractivity contribution in [3.05, 3.63) is 12.2 Å². The molecule has 1 aliphatic rings. The summed E-state index contributed by atoms with van der Waals surface area (Å²) in [5.41, 5.74) is 0.999. The second-order valence-corrected chi connectivity index (χ2v) is 3.95. The number of hydrogen-bond donors (Lipinski definition) is 2. The zero-order valence-electron chi connectivity index (χ0n) is 9.34. The lowest BCUT2D eigenvalue weighted by Gasteiger charge is -2.11. The van der Waals surface area contributed by atoms with Crippen molar-refractivity contribution >= 4 is 5.91 Å². The Morgan fingerprint density at radius 2 is 2.47 bits per heavy atom. The maximum Gasteiger partial charge on any atom is 0.237 e. The minimum absolute atomic E-state index is 0.00569. The van der Waals surface area contributed by atoms with E-state index >= 15 is 0 Å². The van der Waals surface area contributed by atoms with Crippen LogP contribution in [0.15, 0.2) is 12.2 Å². The van der Waals surface area contributed by atoms with Crippen LogP contribution in [0.5, 0.6) is 0 Å². The van der Waals surface area contributed by atoms with Crippen LogP contribution in [0.4, 0.5) is 0 Å². The van der Waals surface area contributed by atoms with Crippen LogP contribution in [0.25, 0.3) is 0 Å². The highest BCUT2D eigenvalue weighted by molar-refractivity contribution is 5.81. The Labute approximate surface area is 91.1 Å². The summed E-state index contributed by atoms with van der Waals surface area (Å²) in [6.45, 7) is 8.28. The molecule has 1 fully saturated rings. The molecule has 4 heteroatoms. The predicted octanol–water partition coefficient (Wildman–Crippen LogP) is 0.447. The van der Waals surface area contributed by atoms with Gasteiger partial charge in [-0.05, 0) is 26.3 Å². The van der Waals surface area contributed by atoms with Crippen molar-refractivity contribution in [2.75, 3.05) is 26.3 Å². The van der Waals surface area contributed by atoms with E-state index in [1.165, 1.54) is 0 Å². The SMILES string of the molecule is C=C(C)COCCNC(=O)[C@H]1CCCN1. The molecule has 15 heavy (non-hydrogen) atoms. The van der Waals surface area contributed by atoms with Gasteiger partial charge in [-0.3, -0.25) is 4.79 Å². The summed E-state index contributed by atoms with van der Waals surface area (Å²) in [5, 5.41) is 5.99. The molecule has 1 aliphatic heterocycles. The van der Waals surface area contributed by atoms with Crippen molar-refractivity contribution in [3.8, 4) is 0 Å². The van der Waals surface area contributed by atoms with Crippen LogP contribution in [-0.4, -0.2) is 38.3 Å². The largest absolute Gasteiger partial charge is 0.375 e. The van der Waals surface area contributed by atoms with Gasteiger partial charge >= 0.3 is 0 Å². The lowest BCUT2D eigenvalue weighted by Crippen LogP contribution is -2.41. The molecule has 2 N–H and O–H groups in total. The van der Waals surface area contributed by atoms with Crippen molar-refractivity contribution in [1.82, 2.24) is 10.6 Å². The quantitative estimate of drug-likeness (QED) is 0.496. The van der Waals surface area contributed by atoms with E-state index in [0.717, 1.165) is 25.0 Å². The van der Waals surface area contributed by atoms with Crippen LogP contribution >= 0.6 is 0 Å². The standard InChI is InChI=1S/C11H20N2O2/c1-9(2)8-15-7-6-13-11(14)10-4-3-5-12-10/h10,12H,1,3-8H2,2H3,(H,13,14)/t10-/m1/s1. The number of amides is 1. The molecule has 0 aromatic rings. The van der Waals surface area contributed by atoms with E-state index in [2.05, 4.69) is 17.2 Å². The van der Waals surface area contributed by atoms with Crippen LogP contribution in [0, 0.1) is 0 Å². The van der Waals surface area contributed by atoms with Crippen LogP contribution in [-0.2, 0) is 9.53 Å². The molecule has 0 aromatic carbocycles. The second kappa shape index (κ2) is 6.58. The summed E-state index contributed by atoms with van der Waals surface area (Å²) in [6.07, 6.45) is 2.03. The first kappa shape index (κ1) is 12.2. The predicted molar refractivity (Wildman–Crippen MR) is 59.7 cm³/mol. The summed E-state index contributed by atoms with van der Waals surface area (Å²) in [5.74, 6) is 0.0893. The molecule has 1 atom stereocenters. The third-order valence-corrected chi connectivity index (χ3v) is 2.27. The van der Waals surface area contributed by atoms with Crippen molar-refractivity contribution in [3.63, 3.8) is 0 Å². The van der Waals surface area contributed by atoms with E-state index in [4.69, 9.17) is 4.74 Å². The Bertz CT molecular complexity index is 223. The van der Waals surface area contributed by atoms with Gasteiger partial charge in [-0.2, -0.15) is 0 Å². The number of rotatable bonds is 6. The van der Waals surface area contributed by atoms with Gasteiger partial charge in [0.05, 0.1) is 19.3 Å². The first-order chi connectivity index (χ1) is 7.20. The fraction of sp³-hybridized carbons (Fsp3) is 0.727. The number of carbonyl (C=O) groups is 1. The monoisotopic (exact) mass is 212 g/mol. The summed E-state index contributed by atoms with van der Waals surface area (Å²) in [6, 6.07) is 0.00569. The third kappa shape index (κ3) is 4.95. The van der Waals surface area contributed by atoms with E-state index in [1.54, 1.807) is 0 Å². The second-order valence-electron chi connectivity index (χ2n) is 3.95. The fourth-order valence-corrected chi connectivity index (χ4v) is 1.52. The van der Waals surface area contributed by atoms with E-state index < -0.39 is 0 Å². The van der Waals surface area contributed by atoms with Gasteiger partial charge in [-0.15, -0.1) is 0 Å². The summed E-state index contributed by atoms with van der Waals surface area (Å²) in [7, 11) is 0. The van der Waals surface area contributed by atoms with Crippen LogP contribution in [0.1, 0.15) is 19.8 Å². The Hall–Kier alpha value is -0.870. The van der Waals surface area contributed by atoms with Gasteiger partial charge in [0.15, 0.2) is 0 Å². The molecule has 1 saturated heterocycles. The molecule has 0 radical (unpaired) electrons. The zero-order valence-corrected chi connectivity index (χ0v) is 9.34. The van der Waals surface area contributed by atoms with Crippen LogP contribution in [0.3, 0.4) is 0 Å². The number of nitrogens with one attached hydrogen (secondary N) is 2. The zero-order chi connectivity index (χ0) is 11.1. The Kier molecular flexibility index (Phi) is 5.36. The molecular weight excluding hydrogens is 192 g/mol. The number of carbonyl (C=O) groups excluding carboxylic acids is 1. The van der Waals surface area contributed by atoms with Gasteiger partial charge < -0.3 is 15.4 Å². The smallest absolute Gasteiger partial charge is 0.237 e. The van der Waals surface area contributed by atoms with Crippen molar-refractivity contribution in [2.45, 2.75) is 25.8 Å². The maximum absolute atomic E-state index is 11.5. The van der Waals surface area contributed by atoms with Crippen LogP contribution in [0.2, 0.25) is 0 Å². The highest BCUT2D eigenvalue weighted by Gasteiger charge is 2.20. The molecule has 1 rings (SSSR count). The molecule has 0 bridgehead atoms. The Balaban J connectivity index is 1.99. The van der Waals surface area contributed by atoms with Crippen molar-refractivity contribution in [1.29, 1.82) is 0 Å². The average molecular weight is 212 g/mol. The molecule has 1 heterocycles. The topological polar surface area (TPSA) is 50.4 Å². The van der Waals surface area contributed by atoms with E-state index in [-0.39, 0.29) is 11.9 Å². The number of hydrogen-bond acceptors (Lipinski definition) is 3. The van der Waals surface area contributed by atoms with Gasteiger partial charge in [0, 0.05) is 6.54 Å². The summed E-state index contributed by atoms with van der Waals surface area (Å²) in [4.78, 5) is 11.5. The molecule has 0 aliphatic carbocycles. The summed E-state index contributed by atoms with van der Waals surface area (Å²) < 4.78 is 5.27. The molecule has 0 spiro atoms. The first-order valence-corrected chi connectivity index (χ1v) is 5.43. The lowest BCUT2D eigenvalue weighted by molar-refractivity contribution is -0.123. The van der Waals surface area contributed by atoms with Gasteiger partial charge in [0.2, 0.25) is 5.91 Å². The molecule has 0 aromatic heterocycles. The fourth-order valence-electron chi connectivity index (χ4n) is 1.52. The van der Waals surface area contributed by atoms with Crippen molar-refractivity contribution in [2.24, 2.45) is 0 Å². The van der Waals surface area contributed by atoms with Gasteiger partial charge in [-0.25, -0.2) is 0 Å². The van der Waals surface area contributed by atoms with E-state index in [9.17, 15) is 4.79 Å². The van der Waals surface area contributed by atoms with Crippen molar-refractivity contribution < 1.29 is 9.53 Å². The average Bonchev–Trinajstić information content (AvgIpc) is 2.69. The Morgan fingerprint density at radius 1 is 1.67 bits per heavy atom. The van der Waals surface area contributed by atoms with Gasteiger partial charge in [-0.1, -0.05) is 12.2 Å². The summed E-state index contributed by atoms with van der Waals surface area (Å²) >= 11 is 0. The molecule has 0 unspecified atom stereocenters. The molecule has 0 saturated carbocycles. The third-order valence-electron chi connectivity index (χ3n) is 2.27. The molecule has 4 nitrogen and oxygen atoms in total. The molecule has 86 valence electrons. The van der Waals surface area contributed by atoms with E-state index in [0.29, 0.717) is 19.8 Å². The first-order valence-electron chi connectivity index (χ1n) is 5.43.